The van der Waals surface area contributed by atoms with Crippen molar-refractivity contribution < 1.29 is 14.4 Å². The van der Waals surface area contributed by atoms with Crippen molar-refractivity contribution in [1.29, 1.82) is 0 Å². The summed E-state index contributed by atoms with van der Waals surface area (Å²) in [5.41, 5.74) is 11.3. The summed E-state index contributed by atoms with van der Waals surface area (Å²) in [5, 5.41) is 0. The summed E-state index contributed by atoms with van der Waals surface area (Å²) in [6.45, 7) is 0.916. The van der Waals surface area contributed by atoms with Crippen molar-refractivity contribution in [2.75, 3.05) is 13.1 Å². The molecule has 0 atom stereocenters. The van der Waals surface area contributed by atoms with Crippen LogP contribution in [-0.2, 0) is 4.57 Å². The first-order chi connectivity index (χ1) is 5.99. The van der Waals surface area contributed by atoms with Crippen LogP contribution in [0.25, 0.3) is 0 Å². The summed E-state index contributed by atoms with van der Waals surface area (Å²) in [7, 11) is -4.05. The van der Waals surface area contributed by atoms with Crippen molar-refractivity contribution >= 4 is 7.60 Å². The summed E-state index contributed by atoms with van der Waals surface area (Å²) in [4.78, 5) is 17.4. The summed E-state index contributed by atoms with van der Waals surface area (Å²) in [6.07, 6.45) is 1.86. The lowest BCUT2D eigenvalue weighted by molar-refractivity contribution is 0.385. The molecule has 0 aromatic rings. The van der Waals surface area contributed by atoms with Gasteiger partial charge in [0, 0.05) is 5.82 Å². The molecular weight excluding hydrogens is 191 g/mol. The van der Waals surface area contributed by atoms with Crippen LogP contribution in [0.15, 0.2) is 11.4 Å². The van der Waals surface area contributed by atoms with Crippen LogP contribution in [-0.4, -0.2) is 22.9 Å². The SMILES string of the molecule is NCCCC(=CP(=O)(O)O)CCN. The highest BCUT2D eigenvalue weighted by molar-refractivity contribution is 7.55. The van der Waals surface area contributed by atoms with Crippen LogP contribution in [0.4, 0.5) is 0 Å². The fourth-order valence-corrected chi connectivity index (χ4v) is 1.74. The van der Waals surface area contributed by atoms with Crippen molar-refractivity contribution in [2.24, 2.45) is 11.5 Å². The highest BCUT2D eigenvalue weighted by Crippen LogP contribution is 2.38. The quantitative estimate of drug-likeness (QED) is 0.464. The second-order valence-corrected chi connectivity index (χ2v) is 4.24. The Morgan fingerprint density at radius 1 is 1.23 bits per heavy atom. The fraction of sp³-hybridized carbons (Fsp3) is 0.714. The molecule has 0 aliphatic carbocycles. The number of rotatable bonds is 6. The van der Waals surface area contributed by atoms with Gasteiger partial charge in [-0.05, 0) is 32.4 Å². The highest BCUT2D eigenvalue weighted by atomic mass is 31.2. The topological polar surface area (TPSA) is 110 Å². The van der Waals surface area contributed by atoms with Crippen molar-refractivity contribution in [3.8, 4) is 0 Å². The van der Waals surface area contributed by atoms with E-state index in [2.05, 4.69) is 0 Å². The van der Waals surface area contributed by atoms with Crippen LogP contribution < -0.4 is 11.5 Å². The minimum atomic E-state index is -4.05. The van der Waals surface area contributed by atoms with E-state index >= 15 is 0 Å². The molecule has 0 saturated carbocycles. The molecule has 6 N–H and O–H groups in total. The van der Waals surface area contributed by atoms with Gasteiger partial charge < -0.3 is 21.3 Å². The van der Waals surface area contributed by atoms with Gasteiger partial charge in [-0.3, -0.25) is 4.57 Å². The van der Waals surface area contributed by atoms with E-state index in [4.69, 9.17) is 21.3 Å². The van der Waals surface area contributed by atoms with Gasteiger partial charge in [-0.15, -0.1) is 0 Å². The summed E-state index contributed by atoms with van der Waals surface area (Å²) in [5.74, 6) is 0.996. The molecule has 0 saturated heterocycles. The Morgan fingerprint density at radius 3 is 2.23 bits per heavy atom. The maximum Gasteiger partial charge on any atom is 0.349 e. The monoisotopic (exact) mass is 208 g/mol. The largest absolute Gasteiger partial charge is 0.349 e. The normalized spacial score (nSPS) is 13.4. The number of nitrogens with two attached hydrogens (primary N) is 2. The first-order valence-electron chi connectivity index (χ1n) is 4.15. The molecule has 0 unspecified atom stereocenters. The Labute approximate surface area is 78.0 Å². The molecule has 6 heteroatoms. The van der Waals surface area contributed by atoms with Gasteiger partial charge >= 0.3 is 7.60 Å². The van der Waals surface area contributed by atoms with Crippen molar-refractivity contribution in [1.82, 2.24) is 0 Å². The minimum Gasteiger partial charge on any atom is -0.330 e. The number of hydrogen-bond acceptors (Lipinski definition) is 3. The maximum absolute atomic E-state index is 10.6. The van der Waals surface area contributed by atoms with Gasteiger partial charge in [0.1, 0.15) is 0 Å². The maximum atomic E-state index is 10.6. The van der Waals surface area contributed by atoms with Crippen LogP contribution in [0.3, 0.4) is 0 Å². The van der Waals surface area contributed by atoms with Crippen LogP contribution in [0, 0.1) is 0 Å². The van der Waals surface area contributed by atoms with E-state index in [0.29, 0.717) is 31.5 Å². The lowest BCUT2D eigenvalue weighted by atomic mass is 10.1. The number of hydrogen-bond donors (Lipinski definition) is 4. The molecule has 0 rings (SSSR count). The minimum absolute atomic E-state index is 0.399. The zero-order chi connectivity index (χ0) is 10.3. The van der Waals surface area contributed by atoms with E-state index in [9.17, 15) is 4.57 Å². The first-order valence-corrected chi connectivity index (χ1v) is 5.83. The van der Waals surface area contributed by atoms with E-state index < -0.39 is 7.60 Å². The molecule has 0 amide bonds. The Bertz CT molecular complexity index is 212. The summed E-state index contributed by atoms with van der Waals surface area (Å²) < 4.78 is 10.6. The average molecular weight is 208 g/mol. The lowest BCUT2D eigenvalue weighted by Crippen LogP contribution is -2.03. The zero-order valence-electron chi connectivity index (χ0n) is 7.52. The Balaban J connectivity index is 4.23. The molecule has 0 aliphatic heterocycles. The van der Waals surface area contributed by atoms with E-state index in [1.165, 1.54) is 0 Å². The van der Waals surface area contributed by atoms with E-state index in [1.54, 1.807) is 0 Å². The second kappa shape index (κ2) is 6.29. The van der Waals surface area contributed by atoms with Gasteiger partial charge in [0.25, 0.3) is 0 Å². The molecule has 0 aliphatic rings. The third-order valence-electron chi connectivity index (χ3n) is 1.52. The van der Waals surface area contributed by atoms with Crippen molar-refractivity contribution in [3.05, 3.63) is 11.4 Å². The highest BCUT2D eigenvalue weighted by Gasteiger charge is 2.09. The molecule has 78 valence electrons. The molecule has 0 spiro atoms. The van der Waals surface area contributed by atoms with Crippen LogP contribution in [0.2, 0.25) is 0 Å². The standard InChI is InChI=1S/C7H17N2O3P/c8-4-1-2-7(3-5-9)6-13(10,11)12/h6H,1-5,8-9H2,(H2,10,11,12). The molecule has 5 nitrogen and oxygen atoms in total. The van der Waals surface area contributed by atoms with Crippen molar-refractivity contribution in [3.63, 3.8) is 0 Å². The summed E-state index contributed by atoms with van der Waals surface area (Å²) >= 11 is 0. The molecule has 0 fully saturated rings. The lowest BCUT2D eigenvalue weighted by Gasteiger charge is -2.05. The van der Waals surface area contributed by atoms with E-state index in [-0.39, 0.29) is 0 Å². The molecule has 0 aromatic carbocycles. The van der Waals surface area contributed by atoms with Gasteiger partial charge in [-0.2, -0.15) is 0 Å². The zero-order valence-corrected chi connectivity index (χ0v) is 8.41. The molecule has 0 bridgehead atoms. The summed E-state index contributed by atoms with van der Waals surface area (Å²) in [6, 6.07) is 0. The molecular formula is C7H17N2O3P. The van der Waals surface area contributed by atoms with Crippen molar-refractivity contribution in [2.45, 2.75) is 19.3 Å². The third-order valence-corrected chi connectivity index (χ3v) is 2.22. The van der Waals surface area contributed by atoms with Gasteiger partial charge in [0.05, 0.1) is 0 Å². The molecule has 0 radical (unpaired) electrons. The fourth-order valence-electron chi connectivity index (χ4n) is 1.01. The second-order valence-electron chi connectivity index (χ2n) is 2.81. The predicted octanol–water partition coefficient (Wildman–Crippen LogP) is 0.136. The van der Waals surface area contributed by atoms with Crippen LogP contribution >= 0.6 is 7.60 Å². The van der Waals surface area contributed by atoms with Crippen LogP contribution in [0.5, 0.6) is 0 Å². The predicted molar refractivity (Wildman–Crippen MR) is 52.1 cm³/mol. The molecule has 0 aromatic heterocycles. The van der Waals surface area contributed by atoms with Gasteiger partial charge in [0.2, 0.25) is 0 Å². The Kier molecular flexibility index (Phi) is 6.20. The third kappa shape index (κ3) is 8.15. The van der Waals surface area contributed by atoms with E-state index in [0.717, 1.165) is 12.2 Å². The smallest absolute Gasteiger partial charge is 0.330 e. The van der Waals surface area contributed by atoms with E-state index in [1.807, 2.05) is 0 Å². The Hall–Kier alpha value is -0.190. The van der Waals surface area contributed by atoms with Gasteiger partial charge in [-0.1, -0.05) is 5.57 Å². The average Bonchev–Trinajstić information content (AvgIpc) is 1.98. The molecule has 0 heterocycles. The van der Waals surface area contributed by atoms with Gasteiger partial charge in [0.15, 0.2) is 0 Å². The van der Waals surface area contributed by atoms with Gasteiger partial charge in [-0.25, -0.2) is 0 Å². The Morgan fingerprint density at radius 2 is 1.85 bits per heavy atom. The first kappa shape index (κ1) is 12.8. The molecule has 13 heavy (non-hydrogen) atoms. The van der Waals surface area contributed by atoms with Crippen LogP contribution in [0.1, 0.15) is 19.3 Å².